The minimum Gasteiger partial charge on any atom is -0.465 e. The van der Waals surface area contributed by atoms with Crippen molar-refractivity contribution in [1.82, 2.24) is 15.0 Å². The number of rotatable bonds is 6. The molecule has 0 radical (unpaired) electrons. The van der Waals surface area contributed by atoms with Crippen molar-refractivity contribution in [3.05, 3.63) is 35.7 Å². The molecule has 0 atom stereocenters. The van der Waals surface area contributed by atoms with Gasteiger partial charge in [-0.05, 0) is 37.2 Å². The van der Waals surface area contributed by atoms with Gasteiger partial charge in [0, 0.05) is 12.1 Å². The van der Waals surface area contributed by atoms with Gasteiger partial charge in [0.2, 0.25) is 11.7 Å². The summed E-state index contributed by atoms with van der Waals surface area (Å²) in [5, 5.41) is 4.12. The van der Waals surface area contributed by atoms with E-state index in [2.05, 4.69) is 41.0 Å². The van der Waals surface area contributed by atoms with Gasteiger partial charge in [-0.3, -0.25) is 9.69 Å². The molecule has 1 aromatic heterocycles. The minimum atomic E-state index is -0.478. The summed E-state index contributed by atoms with van der Waals surface area (Å²) >= 11 is 0. The molecule has 3 fully saturated rings. The first-order chi connectivity index (χ1) is 12.5. The van der Waals surface area contributed by atoms with Crippen LogP contribution in [0.4, 0.5) is 0 Å². The van der Waals surface area contributed by atoms with Gasteiger partial charge < -0.3 is 9.26 Å². The Labute approximate surface area is 153 Å². The summed E-state index contributed by atoms with van der Waals surface area (Å²) in [6, 6.07) is 8.25. The molecule has 0 amide bonds. The molecule has 1 saturated carbocycles. The van der Waals surface area contributed by atoms with Crippen LogP contribution >= 0.6 is 0 Å². The molecule has 1 aliphatic carbocycles. The summed E-state index contributed by atoms with van der Waals surface area (Å²) in [7, 11) is 0. The molecule has 138 valence electrons. The molecule has 5 rings (SSSR count). The van der Waals surface area contributed by atoms with Crippen molar-refractivity contribution < 1.29 is 14.1 Å². The maximum absolute atomic E-state index is 12.4. The van der Waals surface area contributed by atoms with E-state index in [0.29, 0.717) is 36.7 Å². The fraction of sp³-hybridized carbons (Fsp3) is 0.550. The number of fused-ring (bicyclic) bond motifs is 1. The minimum absolute atomic E-state index is 0.113. The molecule has 6 heteroatoms. The van der Waals surface area contributed by atoms with Crippen LogP contribution in [0.5, 0.6) is 0 Å². The van der Waals surface area contributed by atoms with E-state index in [0.717, 1.165) is 24.9 Å². The zero-order valence-electron chi connectivity index (χ0n) is 15.6. The fourth-order valence-corrected chi connectivity index (χ4v) is 4.16. The molecule has 2 aliphatic heterocycles. The highest BCUT2D eigenvalue weighted by molar-refractivity contribution is 5.83. The zero-order valence-corrected chi connectivity index (χ0v) is 15.6. The van der Waals surface area contributed by atoms with Crippen LogP contribution < -0.4 is 0 Å². The topological polar surface area (TPSA) is 68.5 Å². The highest BCUT2D eigenvalue weighted by atomic mass is 16.5. The van der Waals surface area contributed by atoms with Gasteiger partial charge in [-0.2, -0.15) is 4.98 Å². The normalized spacial score (nSPS) is 24.7. The molecule has 6 nitrogen and oxygen atoms in total. The van der Waals surface area contributed by atoms with Crippen molar-refractivity contribution in [3.8, 4) is 11.4 Å². The van der Waals surface area contributed by atoms with Gasteiger partial charge in [0.25, 0.3) is 0 Å². The Morgan fingerprint density at radius 1 is 1.35 bits per heavy atom. The Morgan fingerprint density at radius 3 is 2.73 bits per heavy atom. The van der Waals surface area contributed by atoms with E-state index in [1.54, 1.807) is 0 Å². The number of hydrogen-bond acceptors (Lipinski definition) is 6. The number of carbonyl (C=O) groups excluding carboxylic acids is 1. The monoisotopic (exact) mass is 355 g/mol. The highest BCUT2D eigenvalue weighted by Gasteiger charge is 2.61. The van der Waals surface area contributed by atoms with Crippen LogP contribution in [0.2, 0.25) is 0 Å². The second-order valence-corrected chi connectivity index (χ2v) is 7.70. The smallest absolute Gasteiger partial charge is 0.326 e. The van der Waals surface area contributed by atoms with Crippen LogP contribution in [-0.2, 0) is 16.1 Å². The van der Waals surface area contributed by atoms with Crippen LogP contribution in [0.3, 0.4) is 0 Å². The molecular formula is C20H25N3O3. The van der Waals surface area contributed by atoms with Crippen LogP contribution in [0.1, 0.15) is 51.0 Å². The Balaban J connectivity index is 1.48. The van der Waals surface area contributed by atoms with Gasteiger partial charge in [-0.1, -0.05) is 43.3 Å². The molecule has 0 spiro atoms. The Morgan fingerprint density at radius 2 is 2.08 bits per heavy atom. The molecule has 3 aliphatic rings. The lowest BCUT2D eigenvalue weighted by Gasteiger charge is -2.39. The van der Waals surface area contributed by atoms with Crippen molar-refractivity contribution in [2.45, 2.75) is 51.6 Å². The van der Waals surface area contributed by atoms with Crippen LogP contribution in [0.15, 0.2) is 28.8 Å². The molecule has 1 aromatic carbocycles. The standard InChI is InChI=1S/C20H25N3O3/c1-4-25-19(24)20-9-14(10-20)11-23(20)12-17-21-18(22-26-17)16-7-5-15(6-8-16)13(2)3/h5-8,13-14H,4,9-12H2,1-3H3. The lowest BCUT2D eigenvalue weighted by Crippen LogP contribution is -2.53. The van der Waals surface area contributed by atoms with Crippen molar-refractivity contribution in [3.63, 3.8) is 0 Å². The summed E-state index contributed by atoms with van der Waals surface area (Å²) in [5.41, 5.74) is 1.75. The molecule has 2 bridgehead atoms. The van der Waals surface area contributed by atoms with E-state index in [9.17, 15) is 4.79 Å². The first-order valence-electron chi connectivity index (χ1n) is 9.37. The fourth-order valence-electron chi connectivity index (χ4n) is 4.16. The third kappa shape index (κ3) is 2.82. The average Bonchev–Trinajstić information content (AvgIpc) is 3.28. The largest absolute Gasteiger partial charge is 0.465 e. The summed E-state index contributed by atoms with van der Waals surface area (Å²) in [5.74, 6) is 2.09. The maximum Gasteiger partial charge on any atom is 0.326 e. The second kappa shape index (κ2) is 6.50. The quantitative estimate of drug-likeness (QED) is 0.740. The van der Waals surface area contributed by atoms with E-state index < -0.39 is 5.54 Å². The van der Waals surface area contributed by atoms with E-state index >= 15 is 0 Å². The lowest BCUT2D eigenvalue weighted by molar-refractivity contribution is -0.159. The highest BCUT2D eigenvalue weighted by Crippen LogP contribution is 2.51. The summed E-state index contributed by atoms with van der Waals surface area (Å²) in [4.78, 5) is 19.1. The van der Waals surface area contributed by atoms with Crippen molar-refractivity contribution >= 4 is 5.97 Å². The number of ether oxygens (including phenoxy) is 1. The van der Waals surface area contributed by atoms with Gasteiger partial charge in [0.1, 0.15) is 5.54 Å². The van der Waals surface area contributed by atoms with E-state index in [1.165, 1.54) is 5.56 Å². The van der Waals surface area contributed by atoms with Gasteiger partial charge in [-0.25, -0.2) is 0 Å². The Hall–Kier alpha value is -2.21. The van der Waals surface area contributed by atoms with Gasteiger partial charge >= 0.3 is 5.97 Å². The second-order valence-electron chi connectivity index (χ2n) is 7.70. The summed E-state index contributed by atoms with van der Waals surface area (Å²) in [6.07, 6.45) is 1.76. The first kappa shape index (κ1) is 17.2. The molecule has 2 aromatic rings. The lowest BCUT2D eigenvalue weighted by atomic mass is 9.73. The SMILES string of the molecule is CCOC(=O)C12CC(CN1Cc1nc(-c3ccc(C(C)C)cc3)no1)C2. The Bertz CT molecular complexity index is 791. The van der Waals surface area contributed by atoms with E-state index in [1.807, 2.05) is 19.1 Å². The van der Waals surface area contributed by atoms with Crippen LogP contribution in [0.25, 0.3) is 11.4 Å². The maximum atomic E-state index is 12.4. The molecule has 0 N–H and O–H groups in total. The number of nitrogens with zero attached hydrogens (tertiary/aromatic N) is 3. The molecule has 26 heavy (non-hydrogen) atoms. The number of hydrogen-bond donors (Lipinski definition) is 0. The van der Waals surface area contributed by atoms with Crippen LogP contribution in [-0.4, -0.2) is 39.7 Å². The molecule has 3 heterocycles. The number of esters is 1. The van der Waals surface area contributed by atoms with E-state index in [-0.39, 0.29) is 5.97 Å². The van der Waals surface area contributed by atoms with Crippen molar-refractivity contribution in [1.29, 1.82) is 0 Å². The number of benzene rings is 1. The molecule has 0 unspecified atom stereocenters. The Kier molecular flexibility index (Phi) is 4.31. The predicted molar refractivity (Wildman–Crippen MR) is 96.3 cm³/mol. The zero-order chi connectivity index (χ0) is 18.3. The van der Waals surface area contributed by atoms with Crippen molar-refractivity contribution in [2.24, 2.45) is 5.92 Å². The summed E-state index contributed by atoms with van der Waals surface area (Å²) in [6.45, 7) is 7.98. The molecule has 2 saturated heterocycles. The number of aromatic nitrogens is 2. The third-order valence-electron chi connectivity index (χ3n) is 5.62. The summed E-state index contributed by atoms with van der Waals surface area (Å²) < 4.78 is 10.7. The predicted octanol–water partition coefficient (Wildman–Crippen LogP) is 3.39. The van der Waals surface area contributed by atoms with Gasteiger partial charge in [0.05, 0.1) is 13.2 Å². The third-order valence-corrected chi connectivity index (χ3v) is 5.62. The first-order valence-corrected chi connectivity index (χ1v) is 9.37. The molecular weight excluding hydrogens is 330 g/mol. The number of carbonyl (C=O) groups is 1. The van der Waals surface area contributed by atoms with Crippen molar-refractivity contribution in [2.75, 3.05) is 13.2 Å². The van der Waals surface area contributed by atoms with Gasteiger partial charge in [-0.15, -0.1) is 0 Å². The average molecular weight is 355 g/mol. The van der Waals surface area contributed by atoms with E-state index in [4.69, 9.17) is 9.26 Å². The van der Waals surface area contributed by atoms with Gasteiger partial charge in [0.15, 0.2) is 0 Å². The van der Waals surface area contributed by atoms with Crippen LogP contribution in [0, 0.1) is 5.92 Å².